The van der Waals surface area contributed by atoms with Crippen molar-refractivity contribution in [2.75, 3.05) is 0 Å². The predicted octanol–water partition coefficient (Wildman–Crippen LogP) is 0.628. The Morgan fingerprint density at radius 3 is 3.06 bits per heavy atom. The minimum atomic E-state index is -0.321. The number of amidine groups is 1. The SMILES string of the molecule is Cc1cc(C(=O)NC2CCCC2/C(N)=N/O)on1. The minimum Gasteiger partial charge on any atom is -0.409 e. The number of rotatable bonds is 3. The van der Waals surface area contributed by atoms with E-state index in [1.807, 2.05) is 0 Å². The summed E-state index contributed by atoms with van der Waals surface area (Å²) in [5, 5.41) is 18.2. The van der Waals surface area contributed by atoms with Gasteiger partial charge in [-0.15, -0.1) is 0 Å². The second kappa shape index (κ2) is 5.07. The first-order valence-electron chi connectivity index (χ1n) is 5.83. The molecule has 7 heteroatoms. The van der Waals surface area contributed by atoms with Gasteiger partial charge in [-0.2, -0.15) is 0 Å². The van der Waals surface area contributed by atoms with E-state index in [0.717, 1.165) is 19.3 Å². The molecule has 2 atom stereocenters. The molecule has 0 aliphatic heterocycles. The molecular formula is C11H16N4O3. The Morgan fingerprint density at radius 1 is 1.67 bits per heavy atom. The lowest BCUT2D eigenvalue weighted by molar-refractivity contribution is 0.0896. The fourth-order valence-electron chi connectivity index (χ4n) is 2.27. The van der Waals surface area contributed by atoms with E-state index in [4.69, 9.17) is 15.5 Å². The standard InChI is InChI=1S/C11H16N4O3/c1-6-5-9(18-15-6)11(16)13-8-4-2-3-7(8)10(12)14-17/h5,7-8,17H,2-4H2,1H3,(H2,12,14)(H,13,16). The van der Waals surface area contributed by atoms with E-state index >= 15 is 0 Å². The summed E-state index contributed by atoms with van der Waals surface area (Å²) < 4.78 is 4.89. The maximum absolute atomic E-state index is 11.9. The van der Waals surface area contributed by atoms with E-state index in [-0.39, 0.29) is 29.5 Å². The van der Waals surface area contributed by atoms with Gasteiger partial charge in [0.2, 0.25) is 5.76 Å². The first-order chi connectivity index (χ1) is 8.61. The van der Waals surface area contributed by atoms with E-state index in [1.54, 1.807) is 13.0 Å². The van der Waals surface area contributed by atoms with Crippen molar-refractivity contribution >= 4 is 11.7 Å². The number of nitrogens with one attached hydrogen (secondary N) is 1. The molecule has 1 aliphatic carbocycles. The third-order valence-electron chi connectivity index (χ3n) is 3.18. The van der Waals surface area contributed by atoms with Gasteiger partial charge in [-0.1, -0.05) is 16.7 Å². The van der Waals surface area contributed by atoms with Crippen LogP contribution in [0.4, 0.5) is 0 Å². The Balaban J connectivity index is 2.03. The number of aromatic nitrogens is 1. The first-order valence-corrected chi connectivity index (χ1v) is 5.83. The van der Waals surface area contributed by atoms with Gasteiger partial charge < -0.3 is 20.8 Å². The summed E-state index contributed by atoms with van der Waals surface area (Å²) in [7, 11) is 0. The zero-order valence-electron chi connectivity index (χ0n) is 10.1. The number of hydrogen-bond acceptors (Lipinski definition) is 5. The molecule has 1 amide bonds. The summed E-state index contributed by atoms with van der Waals surface area (Å²) in [6.07, 6.45) is 2.54. The molecule has 18 heavy (non-hydrogen) atoms. The van der Waals surface area contributed by atoms with Crippen molar-refractivity contribution in [3.05, 3.63) is 17.5 Å². The molecule has 1 heterocycles. The first kappa shape index (κ1) is 12.4. The molecule has 1 aromatic rings. The topological polar surface area (TPSA) is 114 Å². The van der Waals surface area contributed by atoms with Crippen molar-refractivity contribution in [3.8, 4) is 0 Å². The highest BCUT2D eigenvalue weighted by Gasteiger charge is 2.32. The summed E-state index contributed by atoms with van der Waals surface area (Å²) in [6, 6.07) is 1.45. The second-order valence-corrected chi connectivity index (χ2v) is 4.47. The Bertz CT molecular complexity index is 469. The van der Waals surface area contributed by atoms with Gasteiger partial charge in [0.05, 0.1) is 5.69 Å². The number of carbonyl (C=O) groups is 1. The number of amides is 1. The number of nitrogens with zero attached hydrogens (tertiary/aromatic N) is 2. The number of hydrogen-bond donors (Lipinski definition) is 3. The van der Waals surface area contributed by atoms with Crippen LogP contribution in [0.25, 0.3) is 0 Å². The summed E-state index contributed by atoms with van der Waals surface area (Å²) in [4.78, 5) is 11.9. The molecule has 98 valence electrons. The van der Waals surface area contributed by atoms with Gasteiger partial charge in [0.25, 0.3) is 5.91 Å². The second-order valence-electron chi connectivity index (χ2n) is 4.47. The van der Waals surface area contributed by atoms with Gasteiger partial charge in [0, 0.05) is 18.0 Å². The molecule has 4 N–H and O–H groups in total. The predicted molar refractivity (Wildman–Crippen MR) is 63.2 cm³/mol. The average molecular weight is 252 g/mol. The maximum atomic E-state index is 11.9. The monoisotopic (exact) mass is 252 g/mol. The van der Waals surface area contributed by atoms with E-state index in [0.29, 0.717) is 5.69 Å². The van der Waals surface area contributed by atoms with Gasteiger partial charge in [-0.25, -0.2) is 0 Å². The molecular weight excluding hydrogens is 236 g/mol. The van der Waals surface area contributed by atoms with Crippen molar-refractivity contribution < 1.29 is 14.5 Å². The number of aryl methyl sites for hydroxylation is 1. The molecule has 1 aromatic heterocycles. The smallest absolute Gasteiger partial charge is 0.290 e. The van der Waals surface area contributed by atoms with Crippen molar-refractivity contribution in [2.45, 2.75) is 32.2 Å². The van der Waals surface area contributed by atoms with Crippen LogP contribution in [0.5, 0.6) is 0 Å². The molecule has 7 nitrogen and oxygen atoms in total. The average Bonchev–Trinajstić information content (AvgIpc) is 2.97. The molecule has 0 saturated heterocycles. The fourth-order valence-corrected chi connectivity index (χ4v) is 2.27. The Kier molecular flexibility index (Phi) is 3.50. The van der Waals surface area contributed by atoms with Crippen molar-refractivity contribution in [1.82, 2.24) is 10.5 Å². The number of carbonyl (C=O) groups excluding carboxylic acids is 1. The van der Waals surface area contributed by atoms with Crippen LogP contribution in [0.1, 0.15) is 35.5 Å². The van der Waals surface area contributed by atoms with E-state index in [1.165, 1.54) is 0 Å². The third kappa shape index (κ3) is 2.44. The molecule has 0 spiro atoms. The third-order valence-corrected chi connectivity index (χ3v) is 3.18. The van der Waals surface area contributed by atoms with Gasteiger partial charge in [0.1, 0.15) is 5.84 Å². The zero-order chi connectivity index (χ0) is 13.1. The Labute approximate surface area is 104 Å². The van der Waals surface area contributed by atoms with Gasteiger partial charge in [-0.05, 0) is 19.8 Å². The lowest BCUT2D eigenvalue weighted by Crippen LogP contribution is -2.42. The van der Waals surface area contributed by atoms with Crippen LogP contribution >= 0.6 is 0 Å². The van der Waals surface area contributed by atoms with Crippen LogP contribution in [-0.4, -0.2) is 28.1 Å². The summed E-state index contributed by atoms with van der Waals surface area (Å²) >= 11 is 0. The van der Waals surface area contributed by atoms with Crippen LogP contribution in [0.3, 0.4) is 0 Å². The van der Waals surface area contributed by atoms with Crippen LogP contribution in [0, 0.1) is 12.8 Å². The van der Waals surface area contributed by atoms with E-state index in [9.17, 15) is 4.79 Å². The van der Waals surface area contributed by atoms with Gasteiger partial charge in [0.15, 0.2) is 0 Å². The number of nitrogens with two attached hydrogens (primary N) is 1. The largest absolute Gasteiger partial charge is 0.409 e. The van der Waals surface area contributed by atoms with E-state index < -0.39 is 0 Å². The minimum absolute atomic E-state index is 0.122. The van der Waals surface area contributed by atoms with Crippen LogP contribution in [0.15, 0.2) is 15.7 Å². The van der Waals surface area contributed by atoms with Gasteiger partial charge >= 0.3 is 0 Å². The zero-order valence-corrected chi connectivity index (χ0v) is 10.1. The summed E-state index contributed by atoms with van der Waals surface area (Å²) in [5.41, 5.74) is 6.25. The molecule has 1 fully saturated rings. The summed E-state index contributed by atoms with van der Waals surface area (Å²) in [5.74, 6) is -0.106. The Morgan fingerprint density at radius 2 is 2.44 bits per heavy atom. The molecule has 0 bridgehead atoms. The number of oxime groups is 1. The van der Waals surface area contributed by atoms with Gasteiger partial charge in [-0.3, -0.25) is 4.79 Å². The maximum Gasteiger partial charge on any atom is 0.290 e. The molecule has 2 unspecified atom stereocenters. The quantitative estimate of drug-likeness (QED) is 0.316. The van der Waals surface area contributed by atoms with Crippen LogP contribution in [-0.2, 0) is 0 Å². The lowest BCUT2D eigenvalue weighted by Gasteiger charge is -2.18. The highest BCUT2D eigenvalue weighted by atomic mass is 16.5. The van der Waals surface area contributed by atoms with Crippen molar-refractivity contribution in [3.63, 3.8) is 0 Å². The molecule has 0 radical (unpaired) electrons. The van der Waals surface area contributed by atoms with Crippen LogP contribution in [0.2, 0.25) is 0 Å². The molecule has 1 aliphatic rings. The lowest BCUT2D eigenvalue weighted by atomic mass is 10.0. The highest BCUT2D eigenvalue weighted by molar-refractivity contribution is 5.92. The highest BCUT2D eigenvalue weighted by Crippen LogP contribution is 2.26. The molecule has 0 aromatic carbocycles. The van der Waals surface area contributed by atoms with Crippen LogP contribution < -0.4 is 11.1 Å². The summed E-state index contributed by atoms with van der Waals surface area (Å²) in [6.45, 7) is 1.75. The fraction of sp³-hybridized carbons (Fsp3) is 0.545. The molecule has 1 saturated carbocycles. The molecule has 2 rings (SSSR count). The van der Waals surface area contributed by atoms with Crippen molar-refractivity contribution in [2.24, 2.45) is 16.8 Å². The Hall–Kier alpha value is -2.05. The van der Waals surface area contributed by atoms with E-state index in [2.05, 4.69) is 15.6 Å². The normalized spacial score (nSPS) is 24.2. The van der Waals surface area contributed by atoms with Crippen molar-refractivity contribution in [1.29, 1.82) is 0 Å².